The van der Waals surface area contributed by atoms with Crippen LogP contribution in [-0.2, 0) is 11.2 Å². The predicted octanol–water partition coefficient (Wildman–Crippen LogP) is 2.64. The molecule has 2 nitrogen and oxygen atoms in total. The highest BCUT2D eigenvalue weighted by atomic mass is 16.5. The Morgan fingerprint density at radius 3 is 2.50 bits per heavy atom. The molecule has 0 spiro atoms. The molecule has 0 bridgehead atoms. The molecule has 2 heteroatoms. The zero-order valence-electron chi connectivity index (χ0n) is 10.2. The second-order valence-corrected chi connectivity index (χ2v) is 4.04. The summed E-state index contributed by atoms with van der Waals surface area (Å²) in [4.78, 5) is 0. The molecule has 0 aliphatic rings. The summed E-state index contributed by atoms with van der Waals surface area (Å²) >= 11 is 0. The van der Waals surface area contributed by atoms with Crippen LogP contribution in [0.2, 0.25) is 0 Å². The average Bonchev–Trinajstić information content (AvgIpc) is 2.34. The quantitative estimate of drug-likeness (QED) is 0.647. The van der Waals surface area contributed by atoms with E-state index < -0.39 is 0 Å². The first-order valence-corrected chi connectivity index (χ1v) is 6.17. The summed E-state index contributed by atoms with van der Waals surface area (Å²) in [5, 5.41) is 3.46. The van der Waals surface area contributed by atoms with Gasteiger partial charge in [0.1, 0.15) is 0 Å². The number of unbranched alkanes of at least 4 members (excludes halogenated alkanes) is 1. The van der Waals surface area contributed by atoms with Gasteiger partial charge in [-0.2, -0.15) is 0 Å². The van der Waals surface area contributed by atoms with E-state index in [1.807, 2.05) is 0 Å². The zero-order valence-corrected chi connectivity index (χ0v) is 10.2. The van der Waals surface area contributed by atoms with E-state index in [0.29, 0.717) is 0 Å². The van der Waals surface area contributed by atoms with Gasteiger partial charge in [0.15, 0.2) is 0 Å². The highest BCUT2D eigenvalue weighted by molar-refractivity contribution is 5.14. The van der Waals surface area contributed by atoms with Gasteiger partial charge in [-0.05, 0) is 44.3 Å². The fraction of sp³-hybridized carbons (Fsp3) is 0.571. The van der Waals surface area contributed by atoms with Crippen LogP contribution in [0, 0.1) is 0 Å². The molecule has 1 N–H and O–H groups in total. The van der Waals surface area contributed by atoms with Crippen molar-refractivity contribution in [3.63, 3.8) is 0 Å². The Morgan fingerprint density at radius 1 is 1.00 bits per heavy atom. The number of hydrogen-bond acceptors (Lipinski definition) is 2. The highest BCUT2D eigenvalue weighted by Gasteiger charge is 1.92. The number of hydrogen-bond donors (Lipinski definition) is 1. The molecule has 0 aliphatic carbocycles. The van der Waals surface area contributed by atoms with Crippen molar-refractivity contribution in [2.24, 2.45) is 0 Å². The molecule has 0 fully saturated rings. The van der Waals surface area contributed by atoms with Gasteiger partial charge in [0.25, 0.3) is 0 Å². The first-order chi connectivity index (χ1) is 7.93. The molecule has 1 aromatic carbocycles. The van der Waals surface area contributed by atoms with Crippen LogP contribution in [-0.4, -0.2) is 26.8 Å². The van der Waals surface area contributed by atoms with Gasteiger partial charge in [0.05, 0.1) is 0 Å². The Balaban J connectivity index is 1.89. The number of aryl methyl sites for hydroxylation is 1. The lowest BCUT2D eigenvalue weighted by Gasteiger charge is -2.04. The van der Waals surface area contributed by atoms with E-state index >= 15 is 0 Å². The Labute approximate surface area is 99.0 Å². The first-order valence-electron chi connectivity index (χ1n) is 6.17. The van der Waals surface area contributed by atoms with Gasteiger partial charge in [-0.25, -0.2) is 0 Å². The van der Waals surface area contributed by atoms with Crippen LogP contribution < -0.4 is 5.32 Å². The first kappa shape index (κ1) is 13.2. The van der Waals surface area contributed by atoms with Crippen LogP contribution in [0.1, 0.15) is 24.8 Å². The van der Waals surface area contributed by atoms with E-state index in [1.54, 1.807) is 7.11 Å². The van der Waals surface area contributed by atoms with Gasteiger partial charge in [-0.1, -0.05) is 30.3 Å². The van der Waals surface area contributed by atoms with Crippen molar-refractivity contribution in [1.82, 2.24) is 5.32 Å². The molecular weight excluding hydrogens is 198 g/mol. The molecule has 0 amide bonds. The van der Waals surface area contributed by atoms with Crippen molar-refractivity contribution in [3.8, 4) is 0 Å². The molecule has 0 saturated carbocycles. The summed E-state index contributed by atoms with van der Waals surface area (Å²) in [5.41, 5.74) is 1.43. The zero-order chi connectivity index (χ0) is 11.5. The summed E-state index contributed by atoms with van der Waals surface area (Å²) < 4.78 is 5.00. The molecule has 0 atom stereocenters. The van der Waals surface area contributed by atoms with Crippen LogP contribution in [0.15, 0.2) is 30.3 Å². The Hall–Kier alpha value is -0.860. The van der Waals surface area contributed by atoms with Gasteiger partial charge in [-0.3, -0.25) is 0 Å². The minimum atomic E-state index is 0.881. The standard InChI is InChI=1S/C14H23NO/c1-16-13-6-5-11-15-12-7-10-14-8-3-2-4-9-14/h2-4,8-9,15H,5-7,10-13H2,1H3. The van der Waals surface area contributed by atoms with Crippen molar-refractivity contribution < 1.29 is 4.74 Å². The predicted molar refractivity (Wildman–Crippen MR) is 68.7 cm³/mol. The Morgan fingerprint density at radius 2 is 1.75 bits per heavy atom. The second kappa shape index (κ2) is 9.37. The van der Waals surface area contributed by atoms with Gasteiger partial charge < -0.3 is 10.1 Å². The van der Waals surface area contributed by atoms with Crippen molar-refractivity contribution in [2.45, 2.75) is 25.7 Å². The third kappa shape index (κ3) is 6.59. The third-order valence-corrected chi connectivity index (χ3v) is 2.61. The summed E-state index contributed by atoms with van der Waals surface area (Å²) in [5.74, 6) is 0. The van der Waals surface area contributed by atoms with Crippen LogP contribution in [0.25, 0.3) is 0 Å². The van der Waals surface area contributed by atoms with Gasteiger partial charge in [-0.15, -0.1) is 0 Å². The number of ether oxygens (including phenoxy) is 1. The summed E-state index contributed by atoms with van der Waals surface area (Å²) in [7, 11) is 1.76. The monoisotopic (exact) mass is 221 g/mol. The van der Waals surface area contributed by atoms with Crippen molar-refractivity contribution >= 4 is 0 Å². The smallest absolute Gasteiger partial charge is 0.0462 e. The third-order valence-electron chi connectivity index (χ3n) is 2.61. The topological polar surface area (TPSA) is 21.3 Å². The molecule has 1 aromatic rings. The minimum absolute atomic E-state index is 0.881. The number of methoxy groups -OCH3 is 1. The fourth-order valence-corrected chi connectivity index (χ4v) is 1.68. The fourth-order valence-electron chi connectivity index (χ4n) is 1.68. The molecule has 16 heavy (non-hydrogen) atoms. The van der Waals surface area contributed by atoms with Crippen LogP contribution in [0.4, 0.5) is 0 Å². The Kier molecular flexibility index (Phi) is 7.74. The molecular formula is C14H23NO. The largest absolute Gasteiger partial charge is 0.385 e. The van der Waals surface area contributed by atoms with E-state index in [9.17, 15) is 0 Å². The minimum Gasteiger partial charge on any atom is -0.385 e. The molecule has 1 rings (SSSR count). The van der Waals surface area contributed by atoms with Crippen molar-refractivity contribution in [1.29, 1.82) is 0 Å². The molecule has 0 radical (unpaired) electrons. The lowest BCUT2D eigenvalue weighted by molar-refractivity contribution is 0.192. The van der Waals surface area contributed by atoms with Crippen LogP contribution >= 0.6 is 0 Å². The second-order valence-electron chi connectivity index (χ2n) is 4.04. The van der Waals surface area contributed by atoms with Crippen LogP contribution in [0.3, 0.4) is 0 Å². The molecule has 0 aliphatic heterocycles. The number of nitrogens with one attached hydrogen (secondary N) is 1. The van der Waals surface area contributed by atoms with Crippen molar-refractivity contribution in [2.75, 3.05) is 26.8 Å². The molecule has 0 heterocycles. The maximum absolute atomic E-state index is 5.00. The lowest BCUT2D eigenvalue weighted by atomic mass is 10.1. The van der Waals surface area contributed by atoms with Crippen molar-refractivity contribution in [3.05, 3.63) is 35.9 Å². The normalized spacial score (nSPS) is 10.6. The maximum atomic E-state index is 5.00. The highest BCUT2D eigenvalue weighted by Crippen LogP contribution is 2.01. The summed E-state index contributed by atoms with van der Waals surface area (Å²) in [6.07, 6.45) is 4.75. The van der Waals surface area contributed by atoms with E-state index in [2.05, 4.69) is 35.6 Å². The lowest BCUT2D eigenvalue weighted by Crippen LogP contribution is -2.17. The van der Waals surface area contributed by atoms with Gasteiger partial charge in [0.2, 0.25) is 0 Å². The maximum Gasteiger partial charge on any atom is 0.0462 e. The summed E-state index contributed by atoms with van der Waals surface area (Å²) in [6, 6.07) is 10.7. The molecule has 90 valence electrons. The van der Waals surface area contributed by atoms with Gasteiger partial charge in [0, 0.05) is 13.7 Å². The average molecular weight is 221 g/mol. The van der Waals surface area contributed by atoms with E-state index in [1.165, 1.54) is 24.8 Å². The molecule has 0 aromatic heterocycles. The molecule has 0 saturated heterocycles. The Bertz CT molecular complexity index is 248. The number of benzene rings is 1. The SMILES string of the molecule is COCCCCNCCCc1ccccc1. The summed E-state index contributed by atoms with van der Waals surface area (Å²) in [6.45, 7) is 3.10. The van der Waals surface area contributed by atoms with E-state index in [-0.39, 0.29) is 0 Å². The number of rotatable bonds is 9. The van der Waals surface area contributed by atoms with Crippen LogP contribution in [0.5, 0.6) is 0 Å². The van der Waals surface area contributed by atoms with Gasteiger partial charge >= 0.3 is 0 Å². The van der Waals surface area contributed by atoms with E-state index in [4.69, 9.17) is 4.74 Å². The molecule has 0 unspecified atom stereocenters. The van der Waals surface area contributed by atoms with E-state index in [0.717, 1.165) is 26.1 Å².